The minimum Gasteiger partial charge on any atom is -0.456 e. The first-order valence-electron chi connectivity index (χ1n) is 16.6. The van der Waals surface area contributed by atoms with Crippen LogP contribution in [-0.2, 0) is 11.8 Å². The summed E-state index contributed by atoms with van der Waals surface area (Å²) in [6, 6.07) is 37.7. The van der Waals surface area contributed by atoms with Crippen molar-refractivity contribution in [1.29, 1.82) is 0 Å². The molecular weight excluding hydrogens is 574 g/mol. The largest absolute Gasteiger partial charge is 0.456 e. The first-order valence-corrected chi connectivity index (χ1v) is 16.6. The maximum atomic E-state index is 6.26. The number of rotatable bonds is 3. The highest BCUT2D eigenvalue weighted by atomic mass is 16.3. The molecule has 226 valence electrons. The predicted molar refractivity (Wildman–Crippen MR) is 194 cm³/mol. The molecule has 5 aromatic carbocycles. The molecule has 0 saturated carbocycles. The van der Waals surface area contributed by atoms with Crippen LogP contribution in [0, 0.1) is 5.92 Å². The lowest BCUT2D eigenvalue weighted by molar-refractivity contribution is 0.551. The second-order valence-corrected chi connectivity index (χ2v) is 13.6. The zero-order chi connectivity index (χ0) is 31.3. The van der Waals surface area contributed by atoms with Gasteiger partial charge < -0.3 is 13.7 Å². The van der Waals surface area contributed by atoms with Gasteiger partial charge in [-0.05, 0) is 108 Å². The quantitative estimate of drug-likeness (QED) is 0.200. The second-order valence-electron chi connectivity index (χ2n) is 13.6. The molecular formula is C44H33NO2. The molecule has 1 aliphatic heterocycles. The van der Waals surface area contributed by atoms with Gasteiger partial charge in [0.1, 0.15) is 22.5 Å². The van der Waals surface area contributed by atoms with Crippen LogP contribution in [0.25, 0.3) is 61.2 Å². The van der Waals surface area contributed by atoms with E-state index in [9.17, 15) is 0 Å². The molecule has 0 spiro atoms. The van der Waals surface area contributed by atoms with Crippen molar-refractivity contribution >= 4 is 50.4 Å². The molecule has 10 rings (SSSR count). The van der Waals surface area contributed by atoms with Crippen LogP contribution in [0.4, 0.5) is 11.4 Å². The molecule has 3 nitrogen and oxygen atoms in total. The Balaban J connectivity index is 1.07. The number of anilines is 2. The molecule has 47 heavy (non-hydrogen) atoms. The fourth-order valence-electron chi connectivity index (χ4n) is 8.21. The average molecular weight is 608 g/mol. The zero-order valence-electron chi connectivity index (χ0n) is 26.4. The third-order valence-electron chi connectivity index (χ3n) is 10.7. The summed E-state index contributed by atoms with van der Waals surface area (Å²) < 4.78 is 12.4. The molecule has 0 saturated heterocycles. The van der Waals surface area contributed by atoms with Gasteiger partial charge in [-0.3, -0.25) is 0 Å². The Morgan fingerprint density at radius 2 is 1.43 bits per heavy atom. The molecule has 3 unspecified atom stereocenters. The maximum Gasteiger partial charge on any atom is 0.135 e. The van der Waals surface area contributed by atoms with Crippen LogP contribution in [0.2, 0.25) is 0 Å². The fraction of sp³-hybridized carbons (Fsp3) is 0.136. The van der Waals surface area contributed by atoms with E-state index >= 15 is 0 Å². The molecule has 3 heteroatoms. The number of fused-ring (bicyclic) bond motifs is 9. The molecule has 0 N–H and O–H groups in total. The van der Waals surface area contributed by atoms with Crippen LogP contribution < -0.4 is 4.90 Å². The van der Waals surface area contributed by atoms with Crippen LogP contribution in [0.5, 0.6) is 0 Å². The summed E-state index contributed by atoms with van der Waals surface area (Å²) in [6.07, 6.45) is 14.5. The molecule has 3 atom stereocenters. The molecule has 3 aliphatic rings. The first kappa shape index (κ1) is 26.7. The summed E-state index contributed by atoms with van der Waals surface area (Å²) in [6.45, 7) is 4.66. The number of allylic oxidation sites excluding steroid dienone is 3. The van der Waals surface area contributed by atoms with E-state index < -0.39 is 0 Å². The molecule has 0 amide bonds. The summed E-state index contributed by atoms with van der Waals surface area (Å²) in [5.74, 6) is 1.52. The van der Waals surface area contributed by atoms with Gasteiger partial charge in [-0.25, -0.2) is 0 Å². The van der Waals surface area contributed by atoms with Crippen LogP contribution in [-0.4, -0.2) is 6.04 Å². The van der Waals surface area contributed by atoms with Gasteiger partial charge in [0.2, 0.25) is 0 Å². The van der Waals surface area contributed by atoms with E-state index in [-0.39, 0.29) is 11.5 Å². The van der Waals surface area contributed by atoms with Crippen LogP contribution in [0.1, 0.15) is 30.7 Å². The molecule has 2 aliphatic carbocycles. The van der Waals surface area contributed by atoms with Crippen molar-refractivity contribution in [2.24, 2.45) is 5.92 Å². The van der Waals surface area contributed by atoms with Crippen LogP contribution in [0.15, 0.2) is 142 Å². The molecule has 0 bridgehead atoms. The minimum absolute atomic E-state index is 0.160. The van der Waals surface area contributed by atoms with Gasteiger partial charge in [0.25, 0.3) is 0 Å². The van der Waals surface area contributed by atoms with Gasteiger partial charge >= 0.3 is 0 Å². The van der Waals surface area contributed by atoms with Gasteiger partial charge in [0.05, 0.1) is 6.04 Å². The highest BCUT2D eigenvalue weighted by molar-refractivity contribution is 6.06. The van der Waals surface area contributed by atoms with Crippen molar-refractivity contribution in [2.45, 2.75) is 31.7 Å². The van der Waals surface area contributed by atoms with E-state index in [0.29, 0.717) is 5.92 Å². The minimum atomic E-state index is -0.160. The lowest BCUT2D eigenvalue weighted by Crippen LogP contribution is -2.39. The van der Waals surface area contributed by atoms with Gasteiger partial charge in [0.15, 0.2) is 0 Å². The third kappa shape index (κ3) is 3.93. The standard InChI is InChI=1S/C44H33NO2/c1-27-13-18-40-34(22-27)36-26-32(16-20-42(36)47-40)45-38-17-14-31(25-37(38)44(2)21-6-5-12-43(44)45)29-9-7-8-28(23-29)30-15-19-41-35(24-30)33-10-3-4-11-39(33)46-41/h3-21,23-27,43H,22H2,1-2H3. The van der Waals surface area contributed by atoms with Crippen molar-refractivity contribution in [3.63, 3.8) is 0 Å². The fourth-order valence-corrected chi connectivity index (χ4v) is 8.21. The van der Waals surface area contributed by atoms with Gasteiger partial charge in [-0.15, -0.1) is 0 Å². The van der Waals surface area contributed by atoms with Crippen molar-refractivity contribution in [2.75, 3.05) is 4.90 Å². The van der Waals surface area contributed by atoms with E-state index in [1.807, 2.05) is 12.1 Å². The van der Waals surface area contributed by atoms with Gasteiger partial charge in [-0.1, -0.05) is 85.8 Å². The summed E-state index contributed by atoms with van der Waals surface area (Å²) >= 11 is 0. The lowest BCUT2D eigenvalue weighted by atomic mass is 9.75. The van der Waals surface area contributed by atoms with Crippen molar-refractivity contribution in [1.82, 2.24) is 0 Å². The summed E-state index contributed by atoms with van der Waals surface area (Å²) in [4.78, 5) is 2.53. The van der Waals surface area contributed by atoms with Gasteiger partial charge in [-0.2, -0.15) is 0 Å². The van der Waals surface area contributed by atoms with E-state index in [2.05, 4.69) is 146 Å². The normalized spacial score (nSPS) is 21.1. The van der Waals surface area contributed by atoms with Crippen LogP contribution >= 0.6 is 0 Å². The predicted octanol–water partition coefficient (Wildman–Crippen LogP) is 11.8. The van der Waals surface area contributed by atoms with Crippen molar-refractivity contribution in [3.8, 4) is 22.3 Å². The molecule has 2 aromatic heterocycles. The molecule has 7 aromatic rings. The summed E-state index contributed by atoms with van der Waals surface area (Å²) in [5.41, 5.74) is 12.6. The highest BCUT2D eigenvalue weighted by Crippen LogP contribution is 2.53. The Labute approximate surface area is 273 Å². The average Bonchev–Trinajstić information content (AvgIpc) is 3.74. The van der Waals surface area contributed by atoms with Crippen molar-refractivity contribution < 1.29 is 8.83 Å². The zero-order valence-corrected chi connectivity index (χ0v) is 26.4. The number of furan rings is 2. The highest BCUT2D eigenvalue weighted by Gasteiger charge is 2.46. The Morgan fingerprint density at radius 3 is 2.34 bits per heavy atom. The van der Waals surface area contributed by atoms with Crippen molar-refractivity contribution in [3.05, 3.63) is 150 Å². The number of para-hydroxylation sites is 1. The van der Waals surface area contributed by atoms with E-state index in [0.717, 1.165) is 39.7 Å². The lowest BCUT2D eigenvalue weighted by Gasteiger charge is -2.34. The molecule has 0 fully saturated rings. The Bertz CT molecular complexity index is 2500. The van der Waals surface area contributed by atoms with E-state index in [4.69, 9.17) is 8.83 Å². The van der Waals surface area contributed by atoms with Crippen LogP contribution in [0.3, 0.4) is 0 Å². The second kappa shape index (κ2) is 9.73. The van der Waals surface area contributed by atoms with Gasteiger partial charge in [0, 0.05) is 38.5 Å². The number of hydrogen-bond acceptors (Lipinski definition) is 3. The smallest absolute Gasteiger partial charge is 0.135 e. The summed E-state index contributed by atoms with van der Waals surface area (Å²) in [7, 11) is 0. The Morgan fingerprint density at radius 1 is 0.660 bits per heavy atom. The molecule has 3 heterocycles. The Kier molecular flexibility index (Phi) is 5.52. The third-order valence-corrected chi connectivity index (χ3v) is 10.7. The maximum absolute atomic E-state index is 6.26. The number of benzene rings is 5. The first-order chi connectivity index (χ1) is 23.0. The summed E-state index contributed by atoms with van der Waals surface area (Å²) in [5, 5.41) is 3.53. The Hall–Kier alpha value is -5.54. The monoisotopic (exact) mass is 607 g/mol. The van der Waals surface area contributed by atoms with E-state index in [1.54, 1.807) is 0 Å². The number of nitrogens with zero attached hydrogens (tertiary/aromatic N) is 1. The SMILES string of the molecule is CC1C=Cc2oc3ccc(N4c5ccc(-c6cccc(-c7ccc8oc9ccccc9c8c7)c6)cc5C5(C)C=CC=CC45)cc3c2C1. The molecule has 0 radical (unpaired) electrons. The number of hydrogen-bond donors (Lipinski definition) is 0. The van der Waals surface area contributed by atoms with E-state index in [1.165, 1.54) is 50.1 Å². The topological polar surface area (TPSA) is 29.5 Å².